The van der Waals surface area contributed by atoms with Gasteiger partial charge >= 0.3 is 0 Å². The Labute approximate surface area is 105 Å². The van der Waals surface area contributed by atoms with Crippen molar-refractivity contribution in [2.75, 3.05) is 11.9 Å². The maximum atomic E-state index is 4.27. The minimum atomic E-state index is 0.748. The highest BCUT2D eigenvalue weighted by molar-refractivity contribution is 7.15. The highest BCUT2D eigenvalue weighted by atomic mass is 32.1. The molecule has 0 spiro atoms. The molecule has 0 unspecified atom stereocenters. The zero-order valence-electron chi connectivity index (χ0n) is 10.4. The average Bonchev–Trinajstić information content (AvgIpc) is 2.89. The summed E-state index contributed by atoms with van der Waals surface area (Å²) in [6, 6.07) is 0. The number of nitrogens with one attached hydrogen (secondary N) is 1. The van der Waals surface area contributed by atoms with E-state index < -0.39 is 0 Å². The van der Waals surface area contributed by atoms with Gasteiger partial charge in [-0.05, 0) is 20.3 Å². The highest BCUT2D eigenvalue weighted by Crippen LogP contribution is 2.17. The van der Waals surface area contributed by atoms with Crippen molar-refractivity contribution < 1.29 is 0 Å². The molecule has 0 saturated carbocycles. The molecule has 0 aliphatic rings. The molecule has 2 aromatic heterocycles. The van der Waals surface area contributed by atoms with Crippen LogP contribution in [-0.4, -0.2) is 26.3 Å². The van der Waals surface area contributed by atoms with Gasteiger partial charge < -0.3 is 9.88 Å². The van der Waals surface area contributed by atoms with Crippen LogP contribution in [-0.2, 0) is 6.54 Å². The molecule has 0 atom stereocenters. The van der Waals surface area contributed by atoms with Crippen molar-refractivity contribution in [1.82, 2.24) is 19.7 Å². The first-order chi connectivity index (χ1) is 8.20. The molecule has 6 heteroatoms. The molecule has 1 N–H and O–H groups in total. The first kappa shape index (κ1) is 12.0. The minimum Gasteiger partial charge on any atom is -0.360 e. The van der Waals surface area contributed by atoms with Crippen LogP contribution in [0.5, 0.6) is 0 Å². The zero-order valence-corrected chi connectivity index (χ0v) is 11.2. The van der Waals surface area contributed by atoms with Crippen molar-refractivity contribution in [2.45, 2.75) is 33.7 Å². The molecule has 0 radical (unpaired) electrons. The molecular weight excluding hydrogens is 234 g/mol. The molecule has 0 amide bonds. The molecule has 0 aliphatic heterocycles. The van der Waals surface area contributed by atoms with Crippen LogP contribution in [0.2, 0.25) is 0 Å². The molecule has 92 valence electrons. The van der Waals surface area contributed by atoms with Crippen LogP contribution in [0.3, 0.4) is 0 Å². The van der Waals surface area contributed by atoms with E-state index in [2.05, 4.69) is 38.9 Å². The lowest BCUT2D eigenvalue weighted by Gasteiger charge is -2.01. The number of anilines is 1. The zero-order chi connectivity index (χ0) is 12.3. The standard InChI is InChI=1S/C11H17N5S/c1-4-5-12-11-15-14-10(17-11)6-16-7-13-8(2)9(16)3/h7H,4-6H2,1-3H3,(H,12,15). The van der Waals surface area contributed by atoms with Gasteiger partial charge in [0.1, 0.15) is 5.01 Å². The number of hydrogen-bond acceptors (Lipinski definition) is 5. The Morgan fingerprint density at radius 3 is 2.82 bits per heavy atom. The van der Waals surface area contributed by atoms with Crippen molar-refractivity contribution >= 4 is 16.5 Å². The van der Waals surface area contributed by atoms with Crippen LogP contribution in [0.1, 0.15) is 29.7 Å². The lowest BCUT2D eigenvalue weighted by Crippen LogP contribution is -2.00. The van der Waals surface area contributed by atoms with Crippen LogP contribution in [0, 0.1) is 13.8 Å². The van der Waals surface area contributed by atoms with Gasteiger partial charge in [0.15, 0.2) is 0 Å². The molecule has 2 aromatic rings. The van der Waals surface area contributed by atoms with E-state index in [-0.39, 0.29) is 0 Å². The molecule has 17 heavy (non-hydrogen) atoms. The predicted octanol–water partition coefficient (Wildman–Crippen LogP) is 2.22. The van der Waals surface area contributed by atoms with Crippen molar-refractivity contribution in [2.24, 2.45) is 0 Å². The minimum absolute atomic E-state index is 0.748. The van der Waals surface area contributed by atoms with Gasteiger partial charge in [-0.3, -0.25) is 0 Å². The third-order valence-electron chi connectivity index (χ3n) is 2.64. The van der Waals surface area contributed by atoms with Crippen LogP contribution < -0.4 is 5.32 Å². The summed E-state index contributed by atoms with van der Waals surface area (Å²) in [5.74, 6) is 0. The Morgan fingerprint density at radius 1 is 1.35 bits per heavy atom. The van der Waals surface area contributed by atoms with E-state index in [1.165, 1.54) is 5.69 Å². The van der Waals surface area contributed by atoms with Gasteiger partial charge in [0, 0.05) is 12.2 Å². The number of aryl methyl sites for hydroxylation is 1. The number of hydrogen-bond donors (Lipinski definition) is 1. The van der Waals surface area contributed by atoms with Crippen molar-refractivity contribution in [1.29, 1.82) is 0 Å². The number of imidazole rings is 1. The maximum Gasteiger partial charge on any atom is 0.205 e. The van der Waals surface area contributed by atoms with Gasteiger partial charge in [-0.1, -0.05) is 18.3 Å². The van der Waals surface area contributed by atoms with Crippen LogP contribution in [0.4, 0.5) is 5.13 Å². The fourth-order valence-corrected chi connectivity index (χ4v) is 2.23. The van der Waals surface area contributed by atoms with E-state index in [4.69, 9.17) is 0 Å². The Balaban J connectivity index is 2.04. The summed E-state index contributed by atoms with van der Waals surface area (Å²) in [4.78, 5) is 4.27. The first-order valence-electron chi connectivity index (χ1n) is 5.75. The molecular formula is C11H17N5S. The van der Waals surface area contributed by atoms with E-state index in [1.807, 2.05) is 13.3 Å². The van der Waals surface area contributed by atoms with Crippen LogP contribution in [0.15, 0.2) is 6.33 Å². The summed E-state index contributed by atoms with van der Waals surface area (Å²) >= 11 is 1.60. The molecule has 0 aliphatic carbocycles. The molecule has 0 bridgehead atoms. The maximum absolute atomic E-state index is 4.27. The smallest absolute Gasteiger partial charge is 0.205 e. The van der Waals surface area contributed by atoms with Crippen molar-refractivity contribution in [3.05, 3.63) is 22.7 Å². The van der Waals surface area contributed by atoms with Gasteiger partial charge in [0.25, 0.3) is 0 Å². The number of nitrogens with zero attached hydrogens (tertiary/aromatic N) is 4. The van der Waals surface area contributed by atoms with Crippen molar-refractivity contribution in [3.63, 3.8) is 0 Å². The lowest BCUT2D eigenvalue weighted by molar-refractivity contribution is 0.752. The summed E-state index contributed by atoms with van der Waals surface area (Å²) in [6.07, 6.45) is 2.94. The van der Waals surface area contributed by atoms with Crippen LogP contribution in [0.25, 0.3) is 0 Å². The molecule has 0 aromatic carbocycles. The first-order valence-corrected chi connectivity index (χ1v) is 6.57. The Kier molecular flexibility index (Phi) is 3.73. The molecule has 2 heterocycles. The van der Waals surface area contributed by atoms with Gasteiger partial charge in [-0.2, -0.15) is 0 Å². The van der Waals surface area contributed by atoms with Gasteiger partial charge in [-0.25, -0.2) is 4.98 Å². The summed E-state index contributed by atoms with van der Waals surface area (Å²) in [5.41, 5.74) is 2.25. The van der Waals surface area contributed by atoms with Gasteiger partial charge in [0.05, 0.1) is 18.6 Å². The topological polar surface area (TPSA) is 55.6 Å². The number of aromatic nitrogens is 4. The summed E-state index contributed by atoms with van der Waals surface area (Å²) < 4.78 is 2.10. The fourth-order valence-electron chi connectivity index (χ4n) is 1.47. The summed E-state index contributed by atoms with van der Waals surface area (Å²) in [7, 11) is 0. The number of rotatable bonds is 5. The quantitative estimate of drug-likeness (QED) is 0.885. The van der Waals surface area contributed by atoms with E-state index in [9.17, 15) is 0 Å². The Bertz CT molecular complexity index is 488. The lowest BCUT2D eigenvalue weighted by atomic mass is 10.4. The average molecular weight is 251 g/mol. The molecule has 2 rings (SSSR count). The monoisotopic (exact) mass is 251 g/mol. The molecule has 5 nitrogen and oxygen atoms in total. The second-order valence-electron chi connectivity index (χ2n) is 3.97. The van der Waals surface area contributed by atoms with E-state index in [1.54, 1.807) is 11.3 Å². The second-order valence-corrected chi connectivity index (χ2v) is 5.03. The molecule has 0 saturated heterocycles. The summed E-state index contributed by atoms with van der Waals surface area (Å²) in [6.45, 7) is 7.91. The van der Waals surface area contributed by atoms with E-state index >= 15 is 0 Å². The highest BCUT2D eigenvalue weighted by Gasteiger charge is 2.07. The Morgan fingerprint density at radius 2 is 2.18 bits per heavy atom. The largest absolute Gasteiger partial charge is 0.360 e. The van der Waals surface area contributed by atoms with Gasteiger partial charge in [-0.15, -0.1) is 10.2 Å². The second kappa shape index (κ2) is 5.27. The SMILES string of the molecule is CCCNc1nnc(Cn2cnc(C)c2C)s1. The van der Waals surface area contributed by atoms with Crippen LogP contribution >= 0.6 is 11.3 Å². The summed E-state index contributed by atoms with van der Waals surface area (Å²) in [5, 5.41) is 13.4. The normalized spacial score (nSPS) is 10.8. The predicted molar refractivity (Wildman–Crippen MR) is 69.5 cm³/mol. The fraction of sp³-hybridized carbons (Fsp3) is 0.545. The Hall–Kier alpha value is -1.43. The third kappa shape index (κ3) is 2.82. The third-order valence-corrected chi connectivity index (χ3v) is 3.51. The van der Waals surface area contributed by atoms with E-state index in [0.717, 1.165) is 35.3 Å². The van der Waals surface area contributed by atoms with Gasteiger partial charge in [0.2, 0.25) is 5.13 Å². The van der Waals surface area contributed by atoms with Crippen molar-refractivity contribution in [3.8, 4) is 0 Å². The molecule has 0 fully saturated rings. The van der Waals surface area contributed by atoms with E-state index in [0.29, 0.717) is 0 Å².